The van der Waals surface area contributed by atoms with Crippen LogP contribution in [0.15, 0.2) is 0 Å². The summed E-state index contributed by atoms with van der Waals surface area (Å²) in [5, 5.41) is 4.58. The van der Waals surface area contributed by atoms with Gasteiger partial charge in [0.1, 0.15) is 0 Å². The van der Waals surface area contributed by atoms with Gasteiger partial charge in [0.2, 0.25) is 0 Å². The Morgan fingerprint density at radius 3 is 2.65 bits per heavy atom. The zero-order valence-corrected chi connectivity index (χ0v) is 12.3. The van der Waals surface area contributed by atoms with Crippen LogP contribution in [0.5, 0.6) is 0 Å². The third kappa shape index (κ3) is 4.46. The van der Waals surface area contributed by atoms with E-state index in [9.17, 15) is 0 Å². The normalized spacial score (nSPS) is 32.8. The van der Waals surface area contributed by atoms with Gasteiger partial charge in [-0.1, -0.05) is 13.8 Å². The number of nitrogens with zero attached hydrogens (tertiary/aromatic N) is 1. The van der Waals surface area contributed by atoms with Gasteiger partial charge in [-0.3, -0.25) is 0 Å². The molecule has 0 aromatic heterocycles. The number of nitrogens with one attached hydrogen (secondary N) is 1. The molecule has 2 saturated heterocycles. The summed E-state index contributed by atoms with van der Waals surface area (Å²) in [6, 6.07) is 0.762. The summed E-state index contributed by atoms with van der Waals surface area (Å²) in [6.07, 6.45) is 5.57. The molecule has 0 saturated carbocycles. The summed E-state index contributed by atoms with van der Waals surface area (Å²) < 4.78 is 0. The Kier molecular flexibility index (Phi) is 5.64. The standard InChI is InChI=1S/C14H28N2S/c1-12-5-8-16(9-6-12)10-7-15-14-4-3-11-17-13(14)2/h12-15H,3-11H2,1-2H3. The first-order chi connectivity index (χ1) is 8.25. The molecule has 17 heavy (non-hydrogen) atoms. The van der Waals surface area contributed by atoms with Crippen LogP contribution < -0.4 is 5.32 Å². The van der Waals surface area contributed by atoms with E-state index in [1.54, 1.807) is 0 Å². The zero-order valence-electron chi connectivity index (χ0n) is 11.5. The molecule has 0 amide bonds. The number of rotatable bonds is 4. The molecule has 100 valence electrons. The fourth-order valence-corrected chi connectivity index (χ4v) is 4.05. The Bertz CT molecular complexity index is 214. The van der Waals surface area contributed by atoms with Crippen molar-refractivity contribution in [1.29, 1.82) is 0 Å². The minimum absolute atomic E-state index is 0.762. The highest BCUT2D eigenvalue weighted by atomic mass is 32.2. The fraction of sp³-hybridized carbons (Fsp3) is 1.00. The van der Waals surface area contributed by atoms with Crippen molar-refractivity contribution in [2.24, 2.45) is 5.92 Å². The Morgan fingerprint density at radius 1 is 1.18 bits per heavy atom. The zero-order chi connectivity index (χ0) is 12.1. The second kappa shape index (κ2) is 7.01. The van der Waals surface area contributed by atoms with Crippen molar-refractivity contribution in [1.82, 2.24) is 10.2 Å². The van der Waals surface area contributed by atoms with Crippen molar-refractivity contribution < 1.29 is 0 Å². The molecule has 0 spiro atoms. The quantitative estimate of drug-likeness (QED) is 0.832. The SMILES string of the molecule is CC1CCN(CCNC2CCCSC2C)CC1. The second-order valence-electron chi connectivity index (χ2n) is 5.80. The maximum atomic E-state index is 3.77. The van der Waals surface area contributed by atoms with Crippen LogP contribution in [0, 0.1) is 5.92 Å². The maximum absolute atomic E-state index is 3.77. The van der Waals surface area contributed by atoms with Gasteiger partial charge in [0.05, 0.1) is 0 Å². The molecular weight excluding hydrogens is 228 g/mol. The Labute approximate surface area is 111 Å². The average Bonchev–Trinajstić information content (AvgIpc) is 2.34. The van der Waals surface area contributed by atoms with Crippen LogP contribution in [0.2, 0.25) is 0 Å². The molecule has 2 heterocycles. The van der Waals surface area contributed by atoms with Crippen LogP contribution in [0.1, 0.15) is 39.5 Å². The summed E-state index contributed by atoms with van der Waals surface area (Å²) in [4.78, 5) is 2.63. The van der Waals surface area contributed by atoms with Crippen molar-refractivity contribution in [3.8, 4) is 0 Å². The van der Waals surface area contributed by atoms with Crippen LogP contribution in [-0.2, 0) is 0 Å². The summed E-state index contributed by atoms with van der Waals surface area (Å²) in [5.74, 6) is 2.32. The molecule has 2 aliphatic heterocycles. The largest absolute Gasteiger partial charge is 0.312 e. The molecule has 0 aliphatic carbocycles. The monoisotopic (exact) mass is 256 g/mol. The smallest absolute Gasteiger partial charge is 0.0184 e. The number of thioether (sulfide) groups is 1. The average molecular weight is 256 g/mol. The second-order valence-corrected chi connectivity index (χ2v) is 7.29. The molecule has 2 nitrogen and oxygen atoms in total. The highest BCUT2D eigenvalue weighted by Crippen LogP contribution is 2.24. The van der Waals surface area contributed by atoms with Crippen molar-refractivity contribution in [3.63, 3.8) is 0 Å². The predicted molar refractivity (Wildman–Crippen MR) is 77.8 cm³/mol. The molecule has 2 rings (SSSR count). The Morgan fingerprint density at radius 2 is 1.94 bits per heavy atom. The lowest BCUT2D eigenvalue weighted by atomic mass is 9.99. The summed E-state index contributed by atoms with van der Waals surface area (Å²) >= 11 is 2.14. The number of piperidine rings is 1. The summed E-state index contributed by atoms with van der Waals surface area (Å²) in [7, 11) is 0. The minimum atomic E-state index is 0.762. The molecule has 0 radical (unpaired) electrons. The fourth-order valence-electron chi connectivity index (χ4n) is 2.89. The van der Waals surface area contributed by atoms with Gasteiger partial charge in [-0.15, -0.1) is 0 Å². The van der Waals surface area contributed by atoms with Gasteiger partial charge in [-0.2, -0.15) is 11.8 Å². The molecule has 3 heteroatoms. The molecule has 0 aromatic rings. The molecule has 0 aromatic carbocycles. The molecule has 1 N–H and O–H groups in total. The van der Waals surface area contributed by atoms with E-state index >= 15 is 0 Å². The molecule has 2 fully saturated rings. The third-order valence-corrected chi connectivity index (χ3v) is 5.70. The molecular formula is C14H28N2S. The van der Waals surface area contributed by atoms with Crippen LogP contribution >= 0.6 is 11.8 Å². The van der Waals surface area contributed by atoms with Gasteiger partial charge in [0, 0.05) is 24.4 Å². The Hall–Kier alpha value is 0.270. The lowest BCUT2D eigenvalue weighted by molar-refractivity contribution is 0.190. The van der Waals surface area contributed by atoms with Gasteiger partial charge >= 0.3 is 0 Å². The maximum Gasteiger partial charge on any atom is 0.0184 e. The van der Waals surface area contributed by atoms with Crippen LogP contribution in [0.3, 0.4) is 0 Å². The van der Waals surface area contributed by atoms with Crippen molar-refractivity contribution >= 4 is 11.8 Å². The topological polar surface area (TPSA) is 15.3 Å². The summed E-state index contributed by atoms with van der Waals surface area (Å²) in [5.41, 5.74) is 0. The number of hydrogen-bond donors (Lipinski definition) is 1. The molecule has 2 atom stereocenters. The molecule has 2 aliphatic rings. The predicted octanol–water partition coefficient (Wildman–Crippen LogP) is 2.59. The van der Waals surface area contributed by atoms with Crippen LogP contribution in [-0.4, -0.2) is 48.1 Å². The first-order valence-electron chi connectivity index (χ1n) is 7.33. The van der Waals surface area contributed by atoms with Gasteiger partial charge in [0.25, 0.3) is 0 Å². The Balaban J connectivity index is 1.59. The van der Waals surface area contributed by atoms with Crippen molar-refractivity contribution in [2.45, 2.75) is 50.8 Å². The van der Waals surface area contributed by atoms with E-state index in [4.69, 9.17) is 0 Å². The van der Waals surface area contributed by atoms with E-state index < -0.39 is 0 Å². The van der Waals surface area contributed by atoms with E-state index in [1.165, 1.54) is 57.6 Å². The minimum Gasteiger partial charge on any atom is -0.312 e. The van der Waals surface area contributed by atoms with E-state index in [-0.39, 0.29) is 0 Å². The van der Waals surface area contributed by atoms with Crippen LogP contribution in [0.4, 0.5) is 0 Å². The molecule has 0 bridgehead atoms. The van der Waals surface area contributed by atoms with E-state index in [2.05, 4.69) is 35.8 Å². The van der Waals surface area contributed by atoms with Gasteiger partial charge in [-0.05, 0) is 50.4 Å². The summed E-state index contributed by atoms with van der Waals surface area (Å²) in [6.45, 7) is 9.83. The first kappa shape index (κ1) is 13.7. The van der Waals surface area contributed by atoms with Gasteiger partial charge < -0.3 is 10.2 Å². The third-order valence-electron chi connectivity index (χ3n) is 4.32. The van der Waals surface area contributed by atoms with Crippen molar-refractivity contribution in [3.05, 3.63) is 0 Å². The lowest BCUT2D eigenvalue weighted by Gasteiger charge is -2.33. The van der Waals surface area contributed by atoms with Crippen LogP contribution in [0.25, 0.3) is 0 Å². The number of likely N-dealkylation sites (tertiary alicyclic amines) is 1. The van der Waals surface area contributed by atoms with Gasteiger partial charge in [-0.25, -0.2) is 0 Å². The number of hydrogen-bond acceptors (Lipinski definition) is 3. The highest BCUT2D eigenvalue weighted by Gasteiger charge is 2.21. The van der Waals surface area contributed by atoms with Gasteiger partial charge in [0.15, 0.2) is 0 Å². The van der Waals surface area contributed by atoms with E-state index in [1.807, 2.05) is 0 Å². The lowest BCUT2D eigenvalue weighted by Crippen LogP contribution is -2.44. The van der Waals surface area contributed by atoms with Crippen molar-refractivity contribution in [2.75, 3.05) is 31.9 Å². The molecule has 2 unspecified atom stereocenters. The van der Waals surface area contributed by atoms with E-state index in [0.29, 0.717) is 0 Å². The first-order valence-corrected chi connectivity index (χ1v) is 8.38. The van der Waals surface area contributed by atoms with E-state index in [0.717, 1.165) is 17.2 Å². The highest BCUT2D eigenvalue weighted by molar-refractivity contribution is 7.99.